The second-order valence-corrected chi connectivity index (χ2v) is 6.94. The third kappa shape index (κ3) is 5.46. The summed E-state index contributed by atoms with van der Waals surface area (Å²) in [6.45, 7) is 3.56. The molecule has 1 atom stereocenters. The Hall–Kier alpha value is -1.69. The van der Waals surface area contributed by atoms with Crippen LogP contribution in [0.2, 0.25) is 0 Å². The number of hydrogen-bond donors (Lipinski definition) is 1. The number of nitrogens with two attached hydrogens (primary N) is 1. The fraction of sp³-hybridized carbons (Fsp3) is 0.389. The molecule has 0 spiro atoms. The zero-order valence-corrected chi connectivity index (χ0v) is 14.5. The number of carbonyl (C=O) groups excluding carboxylic acids is 1. The third-order valence-corrected chi connectivity index (χ3v) is 4.62. The van der Waals surface area contributed by atoms with Gasteiger partial charge in [-0.05, 0) is 31.0 Å². The summed E-state index contributed by atoms with van der Waals surface area (Å²) in [5.41, 5.74) is 7.16. The highest BCUT2D eigenvalue weighted by atomic mass is 32.1. The van der Waals surface area contributed by atoms with Crippen molar-refractivity contribution in [2.75, 3.05) is 20.3 Å². The Bertz CT molecular complexity index is 612. The first kappa shape index (κ1) is 17.7. The third-order valence-electron chi connectivity index (χ3n) is 3.63. The van der Waals surface area contributed by atoms with Crippen molar-refractivity contribution in [3.8, 4) is 0 Å². The quantitative estimate of drug-likeness (QED) is 0.808. The van der Waals surface area contributed by atoms with Crippen molar-refractivity contribution in [2.24, 2.45) is 5.73 Å². The first-order valence-electron chi connectivity index (χ1n) is 7.72. The van der Waals surface area contributed by atoms with Gasteiger partial charge in [-0.1, -0.05) is 30.3 Å². The molecule has 0 aliphatic carbocycles. The standard InChI is InChI=1S/C18H24N2O2S/c1-14-8-9-16(23-14)12-20(18(21)17(19)13-22-2)11-10-15-6-4-3-5-7-15/h3-9,17H,10-13,19H2,1-2H3. The maximum absolute atomic E-state index is 12.6. The van der Waals surface area contributed by atoms with Crippen LogP contribution < -0.4 is 5.73 Å². The minimum atomic E-state index is -0.614. The number of aryl methyl sites for hydroxylation is 1. The molecule has 1 aromatic carbocycles. The molecule has 1 aromatic heterocycles. The zero-order chi connectivity index (χ0) is 16.7. The number of ether oxygens (including phenoxy) is 1. The Morgan fingerprint density at radius 1 is 1.26 bits per heavy atom. The topological polar surface area (TPSA) is 55.6 Å². The molecule has 2 aromatic rings. The van der Waals surface area contributed by atoms with E-state index in [1.165, 1.54) is 15.3 Å². The fourth-order valence-electron chi connectivity index (χ4n) is 2.42. The minimum absolute atomic E-state index is 0.0613. The van der Waals surface area contributed by atoms with Gasteiger partial charge in [0.05, 0.1) is 13.2 Å². The van der Waals surface area contributed by atoms with E-state index in [0.717, 1.165) is 6.42 Å². The van der Waals surface area contributed by atoms with Crippen LogP contribution in [0.15, 0.2) is 42.5 Å². The van der Waals surface area contributed by atoms with E-state index in [4.69, 9.17) is 10.5 Å². The van der Waals surface area contributed by atoms with Gasteiger partial charge in [0, 0.05) is 23.4 Å². The summed E-state index contributed by atoms with van der Waals surface area (Å²) in [7, 11) is 1.56. The summed E-state index contributed by atoms with van der Waals surface area (Å²) in [6.07, 6.45) is 0.816. The highest BCUT2D eigenvalue weighted by molar-refractivity contribution is 7.11. The van der Waals surface area contributed by atoms with Crippen LogP contribution in [0, 0.1) is 6.92 Å². The van der Waals surface area contributed by atoms with Gasteiger partial charge in [0.1, 0.15) is 6.04 Å². The van der Waals surface area contributed by atoms with E-state index in [2.05, 4.69) is 31.2 Å². The molecule has 1 amide bonds. The van der Waals surface area contributed by atoms with Gasteiger partial charge in [-0.25, -0.2) is 0 Å². The first-order chi connectivity index (χ1) is 11.1. The van der Waals surface area contributed by atoms with Gasteiger partial charge in [-0.2, -0.15) is 0 Å². The van der Waals surface area contributed by atoms with Crippen molar-refractivity contribution < 1.29 is 9.53 Å². The predicted molar refractivity (Wildman–Crippen MR) is 94.5 cm³/mol. The summed E-state index contributed by atoms with van der Waals surface area (Å²) < 4.78 is 5.02. The molecule has 0 bridgehead atoms. The average molecular weight is 332 g/mol. The number of rotatable bonds is 8. The summed E-state index contributed by atoms with van der Waals surface area (Å²) in [6, 6.07) is 13.7. The van der Waals surface area contributed by atoms with E-state index >= 15 is 0 Å². The Morgan fingerprint density at radius 2 is 2.00 bits per heavy atom. The summed E-state index contributed by atoms with van der Waals surface area (Å²) in [5.74, 6) is -0.0613. The molecule has 124 valence electrons. The smallest absolute Gasteiger partial charge is 0.242 e. The largest absolute Gasteiger partial charge is 0.383 e. The zero-order valence-electron chi connectivity index (χ0n) is 13.7. The molecule has 0 saturated heterocycles. The Kier molecular flexibility index (Phi) is 6.77. The monoisotopic (exact) mass is 332 g/mol. The normalized spacial score (nSPS) is 12.1. The number of carbonyl (C=O) groups is 1. The maximum atomic E-state index is 12.6. The highest BCUT2D eigenvalue weighted by Crippen LogP contribution is 2.18. The van der Waals surface area contributed by atoms with Crippen LogP contribution in [-0.2, 0) is 22.5 Å². The molecule has 1 unspecified atom stereocenters. The van der Waals surface area contributed by atoms with E-state index in [9.17, 15) is 4.79 Å². The lowest BCUT2D eigenvalue weighted by Gasteiger charge is -2.25. The van der Waals surface area contributed by atoms with E-state index in [1.807, 2.05) is 23.1 Å². The van der Waals surface area contributed by atoms with Crippen LogP contribution >= 0.6 is 11.3 Å². The van der Waals surface area contributed by atoms with Gasteiger partial charge >= 0.3 is 0 Å². The molecular weight excluding hydrogens is 308 g/mol. The predicted octanol–water partition coefficient (Wildman–Crippen LogP) is 2.60. The molecule has 23 heavy (non-hydrogen) atoms. The fourth-order valence-corrected chi connectivity index (χ4v) is 3.33. The Balaban J connectivity index is 2.05. The van der Waals surface area contributed by atoms with Crippen LogP contribution in [0.5, 0.6) is 0 Å². The average Bonchev–Trinajstić information content (AvgIpc) is 2.97. The van der Waals surface area contributed by atoms with Crippen molar-refractivity contribution in [3.63, 3.8) is 0 Å². The highest BCUT2D eigenvalue weighted by Gasteiger charge is 2.21. The number of amides is 1. The van der Waals surface area contributed by atoms with Gasteiger partial charge in [0.15, 0.2) is 0 Å². The Labute approximate surface area is 141 Å². The molecule has 0 radical (unpaired) electrons. The molecule has 0 saturated carbocycles. The number of methoxy groups -OCH3 is 1. The lowest BCUT2D eigenvalue weighted by Crippen LogP contribution is -2.46. The molecule has 0 fully saturated rings. The van der Waals surface area contributed by atoms with Gasteiger partial charge in [-0.3, -0.25) is 4.79 Å². The van der Waals surface area contributed by atoms with Crippen LogP contribution in [0.3, 0.4) is 0 Å². The molecule has 2 rings (SSSR count). The second kappa shape index (κ2) is 8.82. The second-order valence-electron chi connectivity index (χ2n) is 5.57. The molecular formula is C18H24N2O2S. The van der Waals surface area contributed by atoms with Crippen LogP contribution in [0.4, 0.5) is 0 Å². The Morgan fingerprint density at radius 3 is 2.61 bits per heavy atom. The van der Waals surface area contributed by atoms with Crippen molar-refractivity contribution in [2.45, 2.75) is 25.9 Å². The van der Waals surface area contributed by atoms with Crippen LogP contribution in [0.1, 0.15) is 15.3 Å². The summed E-state index contributed by atoms with van der Waals surface area (Å²) in [4.78, 5) is 16.8. The molecule has 2 N–H and O–H groups in total. The van der Waals surface area contributed by atoms with E-state index in [0.29, 0.717) is 13.1 Å². The van der Waals surface area contributed by atoms with Gasteiger partial charge in [-0.15, -0.1) is 11.3 Å². The van der Waals surface area contributed by atoms with Gasteiger partial charge in [0.25, 0.3) is 0 Å². The summed E-state index contributed by atoms with van der Waals surface area (Å²) in [5, 5.41) is 0. The van der Waals surface area contributed by atoms with Crippen molar-refractivity contribution >= 4 is 17.2 Å². The van der Waals surface area contributed by atoms with Gasteiger partial charge in [0.2, 0.25) is 5.91 Å². The molecule has 0 aliphatic rings. The van der Waals surface area contributed by atoms with Crippen molar-refractivity contribution in [1.29, 1.82) is 0 Å². The first-order valence-corrected chi connectivity index (χ1v) is 8.54. The van der Waals surface area contributed by atoms with Crippen LogP contribution in [-0.4, -0.2) is 37.1 Å². The lowest BCUT2D eigenvalue weighted by molar-refractivity contribution is -0.134. The summed E-state index contributed by atoms with van der Waals surface area (Å²) >= 11 is 1.71. The maximum Gasteiger partial charge on any atom is 0.242 e. The van der Waals surface area contributed by atoms with E-state index < -0.39 is 6.04 Å². The minimum Gasteiger partial charge on any atom is -0.383 e. The number of nitrogens with zero attached hydrogens (tertiary/aromatic N) is 1. The SMILES string of the molecule is COCC(N)C(=O)N(CCc1ccccc1)Cc1ccc(C)s1. The van der Waals surface area contributed by atoms with Crippen LogP contribution in [0.25, 0.3) is 0 Å². The van der Waals surface area contributed by atoms with Gasteiger partial charge < -0.3 is 15.4 Å². The molecule has 4 nitrogen and oxygen atoms in total. The lowest BCUT2D eigenvalue weighted by atomic mass is 10.1. The number of hydrogen-bond acceptors (Lipinski definition) is 4. The molecule has 1 heterocycles. The van der Waals surface area contributed by atoms with E-state index in [1.54, 1.807) is 18.4 Å². The molecule has 0 aliphatic heterocycles. The number of benzene rings is 1. The number of thiophene rings is 1. The van der Waals surface area contributed by atoms with E-state index in [-0.39, 0.29) is 12.5 Å². The molecule has 5 heteroatoms. The van der Waals surface area contributed by atoms with Crippen molar-refractivity contribution in [3.05, 3.63) is 57.8 Å². The van der Waals surface area contributed by atoms with Crippen molar-refractivity contribution in [1.82, 2.24) is 4.90 Å².